The number of halogens is 1. The number of amides is 1. The Bertz CT molecular complexity index is 2190. The molecular formula is C38H34BrN3O5S. The fraction of sp³-hybridized carbons (Fsp3) is 0.184. The van der Waals surface area contributed by atoms with E-state index < -0.39 is 6.04 Å². The highest BCUT2D eigenvalue weighted by Gasteiger charge is 2.32. The molecule has 1 unspecified atom stereocenters. The van der Waals surface area contributed by atoms with Gasteiger partial charge >= 0.3 is 0 Å². The zero-order valence-electron chi connectivity index (χ0n) is 27.0. The number of hydrogen-bond donors (Lipinski definition) is 1. The molecule has 5 aromatic rings. The van der Waals surface area contributed by atoms with Gasteiger partial charge in [-0.2, -0.15) is 0 Å². The van der Waals surface area contributed by atoms with E-state index in [1.807, 2.05) is 91.0 Å². The van der Waals surface area contributed by atoms with Crippen LogP contribution in [0.4, 0.5) is 5.69 Å². The molecule has 1 N–H and O–H groups in total. The number of thiazole rings is 1. The minimum atomic E-state index is -0.656. The van der Waals surface area contributed by atoms with Crippen LogP contribution >= 0.6 is 27.3 Å². The first-order valence-corrected chi connectivity index (χ1v) is 17.0. The number of methoxy groups -OCH3 is 1. The van der Waals surface area contributed by atoms with Gasteiger partial charge in [-0.15, -0.1) is 0 Å². The number of allylic oxidation sites excluding steroid dienone is 1. The van der Waals surface area contributed by atoms with E-state index in [1.165, 1.54) is 22.5 Å². The van der Waals surface area contributed by atoms with Crippen molar-refractivity contribution >= 4 is 44.9 Å². The van der Waals surface area contributed by atoms with Gasteiger partial charge in [0.25, 0.3) is 11.5 Å². The van der Waals surface area contributed by atoms with E-state index in [9.17, 15) is 9.59 Å². The molecule has 244 valence electrons. The van der Waals surface area contributed by atoms with Gasteiger partial charge in [0.2, 0.25) is 0 Å². The third-order valence-corrected chi connectivity index (χ3v) is 9.61. The van der Waals surface area contributed by atoms with E-state index in [2.05, 4.69) is 35.1 Å². The normalized spacial score (nSPS) is 14.3. The highest BCUT2D eigenvalue weighted by molar-refractivity contribution is 9.10. The molecule has 0 saturated carbocycles. The van der Waals surface area contributed by atoms with Crippen LogP contribution in [0.25, 0.3) is 6.08 Å². The van der Waals surface area contributed by atoms with Crippen molar-refractivity contribution in [3.8, 4) is 17.2 Å². The molecule has 1 aromatic heterocycles. The Kier molecular flexibility index (Phi) is 9.93. The molecular weight excluding hydrogens is 690 g/mol. The number of carbonyl (C=O) groups excluding carboxylic acids is 1. The van der Waals surface area contributed by atoms with Gasteiger partial charge in [0.15, 0.2) is 16.3 Å². The fourth-order valence-corrected chi connectivity index (χ4v) is 7.12. The van der Waals surface area contributed by atoms with Crippen LogP contribution in [0.1, 0.15) is 35.2 Å². The van der Waals surface area contributed by atoms with E-state index in [4.69, 9.17) is 19.2 Å². The molecule has 1 atom stereocenters. The van der Waals surface area contributed by atoms with Crippen LogP contribution < -0.4 is 34.4 Å². The van der Waals surface area contributed by atoms with Crippen molar-refractivity contribution in [3.63, 3.8) is 0 Å². The molecule has 2 heterocycles. The van der Waals surface area contributed by atoms with Gasteiger partial charge in [0.1, 0.15) is 19.0 Å². The maximum absolute atomic E-state index is 14.1. The van der Waals surface area contributed by atoms with Crippen molar-refractivity contribution in [3.05, 3.63) is 149 Å². The second-order valence-electron chi connectivity index (χ2n) is 11.3. The summed E-state index contributed by atoms with van der Waals surface area (Å²) >= 11 is 4.90. The van der Waals surface area contributed by atoms with Crippen molar-refractivity contribution in [2.75, 3.05) is 25.6 Å². The Morgan fingerprint density at radius 1 is 0.938 bits per heavy atom. The summed E-state index contributed by atoms with van der Waals surface area (Å²) in [6.45, 7) is 6.58. The third-order valence-electron chi connectivity index (χ3n) is 8.04. The van der Waals surface area contributed by atoms with Gasteiger partial charge in [-0.25, -0.2) is 4.99 Å². The lowest BCUT2D eigenvalue weighted by Gasteiger charge is -2.25. The molecule has 8 nitrogen and oxygen atoms in total. The first kappa shape index (κ1) is 33.0. The lowest BCUT2D eigenvalue weighted by molar-refractivity contribution is -0.113. The van der Waals surface area contributed by atoms with Crippen LogP contribution in [0.5, 0.6) is 17.2 Å². The number of anilines is 1. The minimum Gasteiger partial charge on any atom is -0.493 e. The van der Waals surface area contributed by atoms with E-state index in [1.54, 1.807) is 24.7 Å². The highest BCUT2D eigenvalue weighted by atomic mass is 79.9. The molecule has 1 aliphatic rings. The summed E-state index contributed by atoms with van der Waals surface area (Å²) in [5.74, 6) is 1.52. The summed E-state index contributed by atoms with van der Waals surface area (Å²) < 4.78 is 20.3. The van der Waals surface area contributed by atoms with E-state index in [0.29, 0.717) is 55.5 Å². The number of carbonyl (C=O) groups is 1. The number of aromatic nitrogens is 1. The number of benzene rings is 4. The molecule has 48 heavy (non-hydrogen) atoms. The second-order valence-corrected chi connectivity index (χ2v) is 13.2. The Balaban J connectivity index is 1.30. The zero-order chi connectivity index (χ0) is 33.8. The molecule has 6 rings (SSSR count). The van der Waals surface area contributed by atoms with Crippen LogP contribution in [-0.4, -0.2) is 30.8 Å². The van der Waals surface area contributed by atoms with Crippen LogP contribution in [0.15, 0.2) is 117 Å². The Morgan fingerprint density at radius 2 is 1.65 bits per heavy atom. The third kappa shape index (κ3) is 7.00. The first-order valence-electron chi connectivity index (χ1n) is 15.4. The van der Waals surface area contributed by atoms with Crippen molar-refractivity contribution in [2.24, 2.45) is 4.99 Å². The number of aryl methyl sites for hydroxylation is 2. The van der Waals surface area contributed by atoms with Crippen molar-refractivity contribution < 1.29 is 19.0 Å². The van der Waals surface area contributed by atoms with Gasteiger partial charge < -0.3 is 19.5 Å². The largest absolute Gasteiger partial charge is 0.493 e. The molecule has 4 aromatic carbocycles. The van der Waals surface area contributed by atoms with Crippen molar-refractivity contribution in [1.29, 1.82) is 0 Å². The van der Waals surface area contributed by atoms with Gasteiger partial charge in [0, 0.05) is 5.69 Å². The molecule has 0 saturated heterocycles. The predicted octanol–water partition coefficient (Wildman–Crippen LogP) is 6.72. The van der Waals surface area contributed by atoms with E-state index >= 15 is 0 Å². The SMILES string of the molecule is COc1cc(/C=c2\sc3n(c2=O)C(c2ccccc2)C(C(=O)Nc2ccccc2)=C(C)N=3)cc(Br)c1OCCOc1ccc(C)c(C)c1. The number of nitrogens with one attached hydrogen (secondary N) is 1. The average Bonchev–Trinajstić information content (AvgIpc) is 3.38. The van der Waals surface area contributed by atoms with Gasteiger partial charge in [0.05, 0.1) is 33.4 Å². The molecule has 0 spiro atoms. The van der Waals surface area contributed by atoms with Crippen molar-refractivity contribution in [1.82, 2.24) is 4.57 Å². The smallest absolute Gasteiger partial charge is 0.271 e. The molecule has 0 aliphatic carbocycles. The lowest BCUT2D eigenvalue weighted by Crippen LogP contribution is -2.40. The zero-order valence-corrected chi connectivity index (χ0v) is 29.4. The minimum absolute atomic E-state index is 0.246. The molecule has 10 heteroatoms. The van der Waals surface area contributed by atoms with Crippen LogP contribution in [0.2, 0.25) is 0 Å². The summed E-state index contributed by atoms with van der Waals surface area (Å²) in [6, 6.07) is 27.8. The monoisotopic (exact) mass is 723 g/mol. The standard InChI is InChI=1S/C38H34BrN3O5S/c1-23-15-16-29(19-24(23)2)46-17-18-47-35-30(39)20-26(21-31(35)45-4)22-32-37(44)42-34(27-11-7-5-8-12-27)33(25(3)40-38(42)48-32)36(43)41-28-13-9-6-10-14-28/h5-16,19-22,34H,17-18H2,1-4H3,(H,41,43)/b32-22-. The molecule has 0 bridgehead atoms. The summed E-state index contributed by atoms with van der Waals surface area (Å²) in [7, 11) is 1.57. The highest BCUT2D eigenvalue weighted by Crippen LogP contribution is 2.37. The number of para-hydroxylation sites is 1. The fourth-order valence-electron chi connectivity index (χ4n) is 5.50. The second kappa shape index (κ2) is 14.5. The maximum atomic E-state index is 14.1. The van der Waals surface area contributed by atoms with Gasteiger partial charge in [-0.05, 0) is 101 Å². The Hall–Kier alpha value is -4.93. The summed E-state index contributed by atoms with van der Waals surface area (Å²) in [6.07, 6.45) is 1.80. The Morgan fingerprint density at radius 3 is 2.35 bits per heavy atom. The van der Waals surface area contributed by atoms with E-state index in [0.717, 1.165) is 16.9 Å². The molecule has 0 fully saturated rings. The lowest BCUT2D eigenvalue weighted by atomic mass is 9.95. The molecule has 1 amide bonds. The quantitative estimate of drug-likeness (QED) is 0.162. The van der Waals surface area contributed by atoms with Crippen LogP contribution in [-0.2, 0) is 4.79 Å². The summed E-state index contributed by atoms with van der Waals surface area (Å²) in [5.41, 5.74) is 5.30. The number of nitrogens with zero attached hydrogens (tertiary/aromatic N) is 2. The first-order chi connectivity index (χ1) is 23.2. The molecule has 0 radical (unpaired) electrons. The van der Waals surface area contributed by atoms with Crippen LogP contribution in [0.3, 0.4) is 0 Å². The maximum Gasteiger partial charge on any atom is 0.271 e. The van der Waals surface area contributed by atoms with Gasteiger partial charge in [-0.1, -0.05) is 65.9 Å². The number of ether oxygens (including phenoxy) is 3. The number of rotatable bonds is 10. The number of fused-ring (bicyclic) bond motifs is 1. The Labute approximate surface area is 290 Å². The predicted molar refractivity (Wildman–Crippen MR) is 193 cm³/mol. The topological polar surface area (TPSA) is 91.2 Å². The van der Waals surface area contributed by atoms with Crippen molar-refractivity contribution in [2.45, 2.75) is 26.8 Å². The summed E-state index contributed by atoms with van der Waals surface area (Å²) in [5, 5.41) is 2.98. The number of hydrogen-bond acceptors (Lipinski definition) is 7. The molecule has 1 aliphatic heterocycles. The van der Waals surface area contributed by atoms with Crippen LogP contribution in [0, 0.1) is 13.8 Å². The summed E-state index contributed by atoms with van der Waals surface area (Å²) in [4.78, 5) is 33.1. The average molecular weight is 725 g/mol. The van der Waals surface area contributed by atoms with Gasteiger partial charge in [-0.3, -0.25) is 14.2 Å². The van der Waals surface area contributed by atoms with E-state index in [-0.39, 0.29) is 11.5 Å².